The fraction of sp³-hybridized carbons (Fsp3) is 0. The molecule has 0 amide bonds. The zero-order valence-electron chi connectivity index (χ0n) is 10.0. The van der Waals surface area contributed by atoms with E-state index in [1.165, 1.54) is 12.1 Å². The molecule has 2 rings (SSSR count). The van der Waals surface area contributed by atoms with Crippen molar-refractivity contribution in [2.24, 2.45) is 0 Å². The van der Waals surface area contributed by atoms with E-state index in [0.717, 1.165) is 18.2 Å². The van der Waals surface area contributed by atoms with Crippen molar-refractivity contribution >= 4 is 54.8 Å². The van der Waals surface area contributed by atoms with Gasteiger partial charge in [0.1, 0.15) is 22.2 Å². The second-order valence-electron chi connectivity index (χ2n) is 3.90. The second kappa shape index (κ2) is 6.08. The lowest BCUT2D eigenvalue weighted by Crippen LogP contribution is -2.16. The summed E-state index contributed by atoms with van der Waals surface area (Å²) >= 11 is 14.8. The number of rotatable bonds is 3. The molecule has 3 nitrogen and oxygen atoms in total. The average molecular weight is 417 g/mol. The van der Waals surface area contributed by atoms with Gasteiger partial charge in [0.15, 0.2) is 0 Å². The van der Waals surface area contributed by atoms with Crippen LogP contribution in [0.2, 0.25) is 10.0 Å². The highest BCUT2D eigenvalue weighted by molar-refractivity contribution is 9.10. The summed E-state index contributed by atoms with van der Waals surface area (Å²) < 4.78 is 53.8. The Bertz CT molecular complexity index is 772. The van der Waals surface area contributed by atoms with Crippen LogP contribution >= 0.6 is 39.1 Å². The fourth-order valence-corrected chi connectivity index (χ4v) is 4.58. The molecular weight excluding hydrogens is 411 g/mol. The molecule has 0 unspecified atom stereocenters. The maximum absolute atomic E-state index is 13.5. The van der Waals surface area contributed by atoms with Crippen LogP contribution in [0.5, 0.6) is 0 Å². The minimum absolute atomic E-state index is 0.182. The average Bonchev–Trinajstić information content (AvgIpc) is 2.32. The summed E-state index contributed by atoms with van der Waals surface area (Å²) in [6.07, 6.45) is 0. The summed E-state index contributed by atoms with van der Waals surface area (Å²) in [4.78, 5) is -0.461. The van der Waals surface area contributed by atoms with Crippen LogP contribution in [0.3, 0.4) is 0 Å². The van der Waals surface area contributed by atoms with Gasteiger partial charge in [-0.05, 0) is 24.3 Å². The molecule has 0 fully saturated rings. The molecule has 0 aliphatic heterocycles. The zero-order chi connectivity index (χ0) is 15.8. The van der Waals surface area contributed by atoms with Crippen LogP contribution in [-0.4, -0.2) is 8.42 Å². The quantitative estimate of drug-likeness (QED) is 0.778. The molecule has 2 aromatic rings. The molecule has 0 atom stereocenters. The van der Waals surface area contributed by atoms with Crippen molar-refractivity contribution in [1.29, 1.82) is 0 Å². The molecule has 1 N–H and O–H groups in total. The first-order valence-electron chi connectivity index (χ1n) is 5.34. The Morgan fingerprint density at radius 3 is 2.00 bits per heavy atom. The van der Waals surface area contributed by atoms with E-state index in [0.29, 0.717) is 4.47 Å². The molecule has 2 aromatic carbocycles. The normalized spacial score (nSPS) is 11.5. The van der Waals surface area contributed by atoms with Crippen molar-refractivity contribution in [3.8, 4) is 0 Å². The Labute approximate surface area is 138 Å². The molecular formula is C12H6BrCl2F2NO2S. The lowest BCUT2D eigenvalue weighted by Gasteiger charge is -2.12. The van der Waals surface area contributed by atoms with Gasteiger partial charge in [0, 0.05) is 4.47 Å². The van der Waals surface area contributed by atoms with E-state index in [1.807, 2.05) is 4.72 Å². The van der Waals surface area contributed by atoms with Crippen molar-refractivity contribution < 1.29 is 17.2 Å². The van der Waals surface area contributed by atoms with Crippen molar-refractivity contribution in [3.63, 3.8) is 0 Å². The number of nitrogens with one attached hydrogen (secondary N) is 1. The molecule has 0 aliphatic rings. The minimum atomic E-state index is -4.35. The maximum Gasteiger partial charge on any atom is 0.265 e. The van der Waals surface area contributed by atoms with Gasteiger partial charge in [-0.25, -0.2) is 17.2 Å². The van der Waals surface area contributed by atoms with Crippen LogP contribution in [0.1, 0.15) is 0 Å². The van der Waals surface area contributed by atoms with E-state index in [-0.39, 0.29) is 10.0 Å². The molecule has 0 spiro atoms. The van der Waals surface area contributed by atoms with Crippen LogP contribution in [0.25, 0.3) is 0 Å². The molecule has 0 bridgehead atoms. The van der Waals surface area contributed by atoms with Crippen molar-refractivity contribution in [2.75, 3.05) is 4.72 Å². The van der Waals surface area contributed by atoms with E-state index in [2.05, 4.69) is 15.9 Å². The molecule has 9 heteroatoms. The highest BCUT2D eigenvalue weighted by Gasteiger charge is 2.25. The van der Waals surface area contributed by atoms with Crippen molar-refractivity contribution in [2.45, 2.75) is 4.90 Å². The van der Waals surface area contributed by atoms with Gasteiger partial charge in [-0.1, -0.05) is 45.2 Å². The van der Waals surface area contributed by atoms with E-state index >= 15 is 0 Å². The SMILES string of the molecule is O=S(=O)(Nc1c(F)cccc1F)c1c(Cl)cc(Br)cc1Cl. The topological polar surface area (TPSA) is 46.2 Å². The number of benzene rings is 2. The third kappa shape index (κ3) is 3.48. The Kier molecular flexibility index (Phi) is 4.77. The predicted octanol–water partition coefficient (Wildman–Crippen LogP) is 4.83. The van der Waals surface area contributed by atoms with Gasteiger partial charge in [0.05, 0.1) is 10.0 Å². The van der Waals surface area contributed by atoms with Crippen LogP contribution in [0.15, 0.2) is 39.7 Å². The van der Waals surface area contributed by atoms with Gasteiger partial charge in [0.2, 0.25) is 0 Å². The number of para-hydroxylation sites is 1. The standard InChI is InChI=1S/C12H6BrCl2F2NO2S/c13-6-4-7(14)12(8(15)5-6)21(19,20)18-11-9(16)2-1-3-10(11)17/h1-5,18H. The summed E-state index contributed by atoms with van der Waals surface area (Å²) in [6.45, 7) is 0. The van der Waals surface area contributed by atoms with E-state index in [9.17, 15) is 17.2 Å². The molecule has 0 aliphatic carbocycles. The first-order chi connectivity index (χ1) is 9.72. The van der Waals surface area contributed by atoms with Crippen LogP contribution < -0.4 is 4.72 Å². The summed E-state index contributed by atoms with van der Waals surface area (Å²) in [6, 6.07) is 5.57. The zero-order valence-corrected chi connectivity index (χ0v) is 13.9. The first-order valence-corrected chi connectivity index (χ1v) is 8.37. The molecule has 0 saturated heterocycles. The Balaban J connectivity index is 2.54. The van der Waals surface area contributed by atoms with Gasteiger partial charge < -0.3 is 0 Å². The molecule has 0 saturated carbocycles. The number of hydrogen-bond acceptors (Lipinski definition) is 2. The van der Waals surface area contributed by atoms with Gasteiger partial charge >= 0.3 is 0 Å². The second-order valence-corrected chi connectivity index (χ2v) is 7.25. The molecule has 21 heavy (non-hydrogen) atoms. The number of halogens is 5. The van der Waals surface area contributed by atoms with Gasteiger partial charge in [-0.15, -0.1) is 0 Å². The monoisotopic (exact) mass is 415 g/mol. The number of hydrogen-bond donors (Lipinski definition) is 1. The highest BCUT2D eigenvalue weighted by atomic mass is 79.9. The lowest BCUT2D eigenvalue weighted by atomic mass is 10.3. The largest absolute Gasteiger partial charge is 0.274 e. The number of anilines is 1. The smallest absolute Gasteiger partial charge is 0.265 e. The summed E-state index contributed by atoms with van der Waals surface area (Å²) in [5.74, 6) is -2.11. The Hall–Kier alpha value is -0.890. The van der Waals surface area contributed by atoms with E-state index < -0.39 is 32.2 Å². The van der Waals surface area contributed by atoms with E-state index in [1.54, 1.807) is 0 Å². The summed E-state index contributed by atoms with van der Waals surface area (Å²) in [5.41, 5.74) is -0.799. The predicted molar refractivity (Wildman–Crippen MR) is 81.3 cm³/mol. The molecule has 0 aromatic heterocycles. The van der Waals surface area contributed by atoms with Crippen molar-refractivity contribution in [3.05, 3.63) is 56.5 Å². The van der Waals surface area contributed by atoms with Crippen LogP contribution in [0.4, 0.5) is 14.5 Å². The minimum Gasteiger partial charge on any atom is -0.274 e. The van der Waals surface area contributed by atoms with Gasteiger partial charge in [-0.2, -0.15) is 0 Å². The third-order valence-corrected chi connectivity index (χ3v) is 5.16. The molecule has 0 radical (unpaired) electrons. The first kappa shape index (κ1) is 16.5. The van der Waals surface area contributed by atoms with Crippen molar-refractivity contribution in [1.82, 2.24) is 0 Å². The summed E-state index contributed by atoms with van der Waals surface area (Å²) in [7, 11) is -4.35. The number of sulfonamides is 1. The maximum atomic E-state index is 13.5. The Morgan fingerprint density at radius 2 is 1.52 bits per heavy atom. The summed E-state index contributed by atoms with van der Waals surface area (Å²) in [5, 5.41) is -0.364. The molecule has 0 heterocycles. The van der Waals surface area contributed by atoms with E-state index in [4.69, 9.17) is 23.2 Å². The van der Waals surface area contributed by atoms with Crippen LogP contribution in [0, 0.1) is 11.6 Å². The van der Waals surface area contributed by atoms with Gasteiger partial charge in [-0.3, -0.25) is 4.72 Å². The van der Waals surface area contributed by atoms with Crippen LogP contribution in [-0.2, 0) is 10.0 Å². The Morgan fingerprint density at radius 1 is 1.05 bits per heavy atom. The highest BCUT2D eigenvalue weighted by Crippen LogP contribution is 2.34. The third-order valence-electron chi connectivity index (χ3n) is 2.43. The lowest BCUT2D eigenvalue weighted by molar-refractivity contribution is 0.583. The van der Waals surface area contributed by atoms with Gasteiger partial charge in [0.25, 0.3) is 10.0 Å². The fourth-order valence-electron chi connectivity index (χ4n) is 1.57. The molecule has 112 valence electrons.